The maximum Gasteiger partial charge on any atom is 0.254 e. The summed E-state index contributed by atoms with van der Waals surface area (Å²) >= 11 is 0. The summed E-state index contributed by atoms with van der Waals surface area (Å²) < 4.78 is 2.07. The van der Waals surface area contributed by atoms with E-state index in [1.807, 2.05) is 35.4 Å². The van der Waals surface area contributed by atoms with Gasteiger partial charge in [-0.2, -0.15) is 5.10 Å². The molecule has 31 heavy (non-hydrogen) atoms. The first kappa shape index (κ1) is 19.7. The van der Waals surface area contributed by atoms with Crippen molar-refractivity contribution in [3.8, 4) is 11.3 Å². The maximum atomic E-state index is 12.2. The van der Waals surface area contributed by atoms with Crippen LogP contribution in [0.15, 0.2) is 30.5 Å². The number of fused-ring (bicyclic) bond motifs is 3. The number of aromatic nitrogens is 4. The van der Waals surface area contributed by atoms with Crippen molar-refractivity contribution >= 4 is 23.3 Å². The second kappa shape index (κ2) is 8.45. The van der Waals surface area contributed by atoms with Gasteiger partial charge in [0.25, 0.3) is 5.78 Å². The zero-order valence-corrected chi connectivity index (χ0v) is 17.5. The highest BCUT2D eigenvalue weighted by Gasteiger charge is 2.20. The largest absolute Gasteiger partial charge is 0.343 e. The molecule has 1 aliphatic heterocycles. The number of benzene rings is 1. The van der Waals surface area contributed by atoms with Gasteiger partial charge in [-0.25, -0.2) is 4.98 Å². The van der Waals surface area contributed by atoms with Crippen molar-refractivity contribution in [2.45, 2.75) is 51.4 Å². The van der Waals surface area contributed by atoms with Gasteiger partial charge in [-0.1, -0.05) is 12.1 Å². The van der Waals surface area contributed by atoms with Gasteiger partial charge in [0.1, 0.15) is 0 Å². The van der Waals surface area contributed by atoms with Crippen LogP contribution in [0.3, 0.4) is 0 Å². The first-order valence-electron chi connectivity index (χ1n) is 11.1. The molecule has 160 valence electrons. The predicted octanol–water partition coefficient (Wildman–Crippen LogP) is 3.01. The van der Waals surface area contributed by atoms with Crippen LogP contribution in [0.5, 0.6) is 0 Å². The number of imidazole rings is 1. The molecular weight excluding hydrogens is 392 g/mol. The molecule has 0 saturated carbocycles. The first-order chi connectivity index (χ1) is 15.2. The minimum atomic E-state index is -0.0333. The second-order valence-electron chi connectivity index (χ2n) is 8.31. The Morgan fingerprint density at radius 1 is 1.03 bits per heavy atom. The fourth-order valence-corrected chi connectivity index (χ4v) is 4.44. The topological polar surface area (TPSA) is 92.5 Å². The molecule has 5 rings (SSSR count). The van der Waals surface area contributed by atoms with Crippen LogP contribution >= 0.6 is 0 Å². The average Bonchev–Trinajstić information content (AvgIpc) is 3.41. The molecule has 2 amide bonds. The number of hydrogen-bond acceptors (Lipinski definition) is 5. The van der Waals surface area contributed by atoms with Crippen LogP contribution in [0.2, 0.25) is 0 Å². The van der Waals surface area contributed by atoms with E-state index >= 15 is 0 Å². The van der Waals surface area contributed by atoms with Crippen LogP contribution in [0.1, 0.15) is 49.9 Å². The van der Waals surface area contributed by atoms with Crippen molar-refractivity contribution in [3.63, 3.8) is 0 Å². The van der Waals surface area contributed by atoms with E-state index in [9.17, 15) is 9.59 Å². The van der Waals surface area contributed by atoms with E-state index in [0.717, 1.165) is 54.9 Å². The van der Waals surface area contributed by atoms with Gasteiger partial charge in [-0.15, -0.1) is 5.10 Å². The standard InChI is InChI=1S/C23H26N6O2/c30-21(7-3-13-28-14-4-8-22(28)31)24-17-11-9-16(10-12-17)19-15-29-20-6-2-1-5-18(20)26-27-23(29)25-19/h9-12,15H,1-8,13-14H2,(H,24,30). The Kier molecular flexibility index (Phi) is 5.36. The van der Waals surface area contributed by atoms with E-state index in [0.29, 0.717) is 31.6 Å². The molecule has 3 heterocycles. The number of carbonyl (C=O) groups is 2. The minimum Gasteiger partial charge on any atom is -0.343 e. The van der Waals surface area contributed by atoms with Gasteiger partial charge in [-0.3, -0.25) is 14.0 Å². The van der Waals surface area contributed by atoms with E-state index < -0.39 is 0 Å². The first-order valence-corrected chi connectivity index (χ1v) is 11.1. The van der Waals surface area contributed by atoms with E-state index in [1.165, 1.54) is 12.1 Å². The third kappa shape index (κ3) is 4.15. The smallest absolute Gasteiger partial charge is 0.254 e. The SMILES string of the molecule is O=C(CCCN1CCCC1=O)Nc1ccc(-c2cn3c4c(nnc3n2)CCCC4)cc1. The van der Waals surface area contributed by atoms with Crippen LogP contribution in [0.25, 0.3) is 17.0 Å². The van der Waals surface area contributed by atoms with Crippen molar-refractivity contribution in [1.29, 1.82) is 0 Å². The second-order valence-corrected chi connectivity index (χ2v) is 8.31. The van der Waals surface area contributed by atoms with Crippen LogP contribution in [0, 0.1) is 0 Å². The Labute approximate surface area is 180 Å². The molecule has 1 N–H and O–H groups in total. The summed E-state index contributed by atoms with van der Waals surface area (Å²) in [7, 11) is 0. The Balaban J connectivity index is 1.22. The van der Waals surface area contributed by atoms with Crippen LogP contribution in [-0.4, -0.2) is 49.4 Å². The molecule has 0 spiro atoms. The normalized spacial score (nSPS) is 16.0. The molecule has 2 aliphatic rings. The fraction of sp³-hybridized carbons (Fsp3) is 0.435. The van der Waals surface area contributed by atoms with Crippen molar-refractivity contribution in [1.82, 2.24) is 24.5 Å². The molecule has 2 aromatic heterocycles. The van der Waals surface area contributed by atoms with Crippen molar-refractivity contribution in [2.75, 3.05) is 18.4 Å². The number of carbonyl (C=O) groups excluding carboxylic acids is 2. The van der Waals surface area contributed by atoms with Crippen molar-refractivity contribution in [3.05, 3.63) is 41.9 Å². The molecule has 8 nitrogen and oxygen atoms in total. The van der Waals surface area contributed by atoms with E-state index in [-0.39, 0.29) is 11.8 Å². The number of nitrogens with zero attached hydrogens (tertiary/aromatic N) is 5. The lowest BCUT2D eigenvalue weighted by atomic mass is 10.0. The summed E-state index contributed by atoms with van der Waals surface area (Å²) in [6, 6.07) is 7.70. The van der Waals surface area contributed by atoms with Gasteiger partial charge in [-0.05, 0) is 50.7 Å². The molecule has 0 bridgehead atoms. The van der Waals surface area contributed by atoms with Crippen molar-refractivity contribution in [2.24, 2.45) is 0 Å². The highest BCUT2D eigenvalue weighted by molar-refractivity contribution is 5.91. The Morgan fingerprint density at radius 3 is 2.68 bits per heavy atom. The number of likely N-dealkylation sites (tertiary alicyclic amines) is 1. The lowest BCUT2D eigenvalue weighted by molar-refractivity contribution is -0.128. The maximum absolute atomic E-state index is 12.2. The molecule has 0 atom stereocenters. The molecule has 1 aliphatic carbocycles. The highest BCUT2D eigenvalue weighted by atomic mass is 16.2. The molecule has 1 saturated heterocycles. The molecule has 8 heteroatoms. The van der Waals surface area contributed by atoms with Gasteiger partial charge < -0.3 is 10.2 Å². The molecule has 0 unspecified atom stereocenters. The summed E-state index contributed by atoms with van der Waals surface area (Å²) in [4.78, 5) is 30.3. The number of amides is 2. The summed E-state index contributed by atoms with van der Waals surface area (Å²) in [5.74, 6) is 0.799. The Hall–Kier alpha value is -3.29. The number of hydrogen-bond donors (Lipinski definition) is 1. The number of anilines is 1. The number of aryl methyl sites for hydroxylation is 2. The quantitative estimate of drug-likeness (QED) is 0.664. The third-order valence-corrected chi connectivity index (χ3v) is 6.12. The Bertz CT molecular complexity index is 1120. The van der Waals surface area contributed by atoms with Gasteiger partial charge >= 0.3 is 0 Å². The van der Waals surface area contributed by atoms with Crippen molar-refractivity contribution < 1.29 is 9.59 Å². The molecular formula is C23H26N6O2. The summed E-state index contributed by atoms with van der Waals surface area (Å²) in [6.07, 6.45) is 9.01. The van der Waals surface area contributed by atoms with E-state index in [1.54, 1.807) is 0 Å². The van der Waals surface area contributed by atoms with Gasteiger partial charge in [0.2, 0.25) is 11.8 Å². The third-order valence-electron chi connectivity index (χ3n) is 6.12. The van der Waals surface area contributed by atoms with Crippen LogP contribution < -0.4 is 5.32 Å². The zero-order valence-electron chi connectivity index (χ0n) is 17.5. The highest BCUT2D eigenvalue weighted by Crippen LogP contribution is 2.24. The van der Waals surface area contributed by atoms with Gasteiger partial charge in [0.05, 0.1) is 11.4 Å². The number of nitrogens with one attached hydrogen (secondary N) is 1. The van der Waals surface area contributed by atoms with E-state index in [4.69, 9.17) is 0 Å². The Morgan fingerprint density at radius 2 is 1.87 bits per heavy atom. The fourth-order valence-electron chi connectivity index (χ4n) is 4.44. The molecule has 3 aromatic rings. The lowest BCUT2D eigenvalue weighted by Crippen LogP contribution is -2.26. The monoisotopic (exact) mass is 418 g/mol. The van der Waals surface area contributed by atoms with E-state index in [2.05, 4.69) is 24.9 Å². The van der Waals surface area contributed by atoms with Gasteiger partial charge in [0.15, 0.2) is 0 Å². The van der Waals surface area contributed by atoms with Crippen LogP contribution in [0.4, 0.5) is 5.69 Å². The molecule has 1 aromatic carbocycles. The number of rotatable bonds is 6. The predicted molar refractivity (Wildman–Crippen MR) is 117 cm³/mol. The zero-order chi connectivity index (χ0) is 21.2. The minimum absolute atomic E-state index is 0.0333. The van der Waals surface area contributed by atoms with Gasteiger partial charge in [0, 0.05) is 49.1 Å². The average molecular weight is 419 g/mol. The molecule has 0 radical (unpaired) electrons. The summed E-state index contributed by atoms with van der Waals surface area (Å²) in [6.45, 7) is 1.48. The molecule has 1 fully saturated rings. The summed E-state index contributed by atoms with van der Waals surface area (Å²) in [5, 5.41) is 11.6. The summed E-state index contributed by atoms with van der Waals surface area (Å²) in [5.41, 5.74) is 4.87. The lowest BCUT2D eigenvalue weighted by Gasteiger charge is -2.14. The van der Waals surface area contributed by atoms with Crippen LogP contribution in [-0.2, 0) is 22.4 Å².